The summed E-state index contributed by atoms with van der Waals surface area (Å²) in [6.07, 6.45) is 3.63. The molecule has 1 aliphatic heterocycles. The van der Waals surface area contributed by atoms with Crippen LogP contribution < -0.4 is 11.2 Å². The lowest BCUT2D eigenvalue weighted by Crippen LogP contribution is -2.37. The van der Waals surface area contributed by atoms with E-state index in [9.17, 15) is 9.59 Å². The fourth-order valence-corrected chi connectivity index (χ4v) is 4.70. The van der Waals surface area contributed by atoms with Crippen LogP contribution in [0.5, 0.6) is 0 Å². The Morgan fingerprint density at radius 3 is 2.42 bits per heavy atom. The van der Waals surface area contributed by atoms with Gasteiger partial charge in [-0.3, -0.25) is 18.8 Å². The van der Waals surface area contributed by atoms with E-state index in [-0.39, 0.29) is 11.2 Å². The third-order valence-corrected chi connectivity index (χ3v) is 6.45. The highest BCUT2D eigenvalue weighted by Gasteiger charge is 2.22. The van der Waals surface area contributed by atoms with Crippen molar-refractivity contribution in [2.24, 2.45) is 14.1 Å². The SMILES string of the molecule is Cn1c(=O)c2c(nc(CN3CCCCC3)n2Cc2cccc3ccccc23)n(C)c1=O. The normalized spacial score (nSPS) is 15.2. The summed E-state index contributed by atoms with van der Waals surface area (Å²) in [5.41, 5.74) is 1.44. The molecule has 1 aliphatic rings. The van der Waals surface area contributed by atoms with Crippen molar-refractivity contribution in [2.45, 2.75) is 32.4 Å². The molecule has 2 aromatic heterocycles. The molecule has 2 aromatic carbocycles. The van der Waals surface area contributed by atoms with E-state index in [2.05, 4.69) is 35.2 Å². The van der Waals surface area contributed by atoms with Crippen LogP contribution in [0, 0.1) is 0 Å². The van der Waals surface area contributed by atoms with E-state index in [1.54, 1.807) is 7.05 Å². The summed E-state index contributed by atoms with van der Waals surface area (Å²) < 4.78 is 4.68. The summed E-state index contributed by atoms with van der Waals surface area (Å²) in [5.74, 6) is 0.836. The Kier molecular flexibility index (Phi) is 4.98. The molecule has 7 heteroatoms. The van der Waals surface area contributed by atoms with Crippen LogP contribution in [-0.4, -0.2) is 36.7 Å². The minimum absolute atomic E-state index is 0.296. The van der Waals surface area contributed by atoms with E-state index in [0.29, 0.717) is 24.3 Å². The Bertz CT molecular complexity index is 1380. The highest BCUT2D eigenvalue weighted by Crippen LogP contribution is 2.23. The van der Waals surface area contributed by atoms with E-state index < -0.39 is 0 Å². The van der Waals surface area contributed by atoms with Crippen LogP contribution >= 0.6 is 0 Å². The number of fused-ring (bicyclic) bond motifs is 2. The van der Waals surface area contributed by atoms with Gasteiger partial charge in [0.2, 0.25) is 0 Å². The van der Waals surface area contributed by atoms with Gasteiger partial charge >= 0.3 is 5.69 Å². The Balaban J connectivity index is 1.71. The van der Waals surface area contributed by atoms with Crippen LogP contribution in [0.1, 0.15) is 30.7 Å². The Morgan fingerprint density at radius 2 is 1.61 bits per heavy atom. The highest BCUT2D eigenvalue weighted by atomic mass is 16.2. The first-order valence-corrected chi connectivity index (χ1v) is 10.9. The quantitative estimate of drug-likeness (QED) is 0.512. The van der Waals surface area contributed by atoms with Gasteiger partial charge in [-0.15, -0.1) is 0 Å². The van der Waals surface area contributed by atoms with Gasteiger partial charge in [0.05, 0.1) is 13.1 Å². The molecule has 0 saturated carbocycles. The van der Waals surface area contributed by atoms with E-state index in [1.165, 1.54) is 40.8 Å². The summed E-state index contributed by atoms with van der Waals surface area (Å²) >= 11 is 0. The minimum atomic E-state index is -0.350. The first-order valence-electron chi connectivity index (χ1n) is 10.9. The van der Waals surface area contributed by atoms with Crippen LogP contribution in [0.15, 0.2) is 52.1 Å². The molecular weight excluding hydrogens is 390 g/mol. The number of imidazole rings is 1. The van der Waals surface area contributed by atoms with Gasteiger partial charge in [-0.1, -0.05) is 48.9 Å². The van der Waals surface area contributed by atoms with Crippen LogP contribution in [0.2, 0.25) is 0 Å². The van der Waals surface area contributed by atoms with Gasteiger partial charge in [0.25, 0.3) is 5.56 Å². The second-order valence-corrected chi connectivity index (χ2v) is 8.47. The predicted molar refractivity (Wildman–Crippen MR) is 122 cm³/mol. The number of hydrogen-bond donors (Lipinski definition) is 0. The van der Waals surface area contributed by atoms with Crippen molar-refractivity contribution in [2.75, 3.05) is 13.1 Å². The van der Waals surface area contributed by atoms with Crippen molar-refractivity contribution < 1.29 is 0 Å². The molecule has 4 aromatic rings. The third kappa shape index (κ3) is 3.39. The largest absolute Gasteiger partial charge is 0.332 e. The fourth-order valence-electron chi connectivity index (χ4n) is 4.70. The molecule has 0 aliphatic carbocycles. The van der Waals surface area contributed by atoms with Gasteiger partial charge in [-0.05, 0) is 42.3 Å². The van der Waals surface area contributed by atoms with Gasteiger partial charge in [0, 0.05) is 14.1 Å². The van der Waals surface area contributed by atoms with Crippen molar-refractivity contribution >= 4 is 21.9 Å². The maximum absolute atomic E-state index is 13.2. The molecule has 1 fully saturated rings. The van der Waals surface area contributed by atoms with Crippen LogP contribution in [0.4, 0.5) is 0 Å². The second-order valence-electron chi connectivity index (χ2n) is 8.47. The zero-order chi connectivity index (χ0) is 21.5. The summed E-state index contributed by atoms with van der Waals surface area (Å²) in [5, 5.41) is 2.33. The Labute approximate surface area is 180 Å². The smallest absolute Gasteiger partial charge is 0.317 e. The Morgan fingerprint density at radius 1 is 0.871 bits per heavy atom. The molecule has 0 atom stereocenters. The average molecular weight is 418 g/mol. The molecule has 0 bridgehead atoms. The van der Waals surface area contributed by atoms with Crippen molar-refractivity contribution in [1.29, 1.82) is 0 Å². The number of nitrogens with zero attached hydrogens (tertiary/aromatic N) is 5. The standard InChI is InChI=1S/C24H27N5O2/c1-26-22-21(23(30)27(2)24(26)31)29(20(25-22)16-28-13-6-3-7-14-28)15-18-11-8-10-17-9-4-5-12-19(17)18/h4-5,8-12H,3,6-7,13-16H2,1-2H3. The number of likely N-dealkylation sites (tertiary alicyclic amines) is 1. The first kappa shape index (κ1) is 19.8. The average Bonchev–Trinajstić information content (AvgIpc) is 3.15. The number of benzene rings is 2. The lowest BCUT2D eigenvalue weighted by atomic mass is 10.0. The van der Waals surface area contributed by atoms with Crippen LogP contribution in [0.3, 0.4) is 0 Å². The second kappa shape index (κ2) is 7.81. The van der Waals surface area contributed by atoms with E-state index in [4.69, 9.17) is 4.98 Å². The zero-order valence-electron chi connectivity index (χ0n) is 18.0. The minimum Gasteiger partial charge on any atom is -0.317 e. The maximum atomic E-state index is 13.2. The topological polar surface area (TPSA) is 65.1 Å². The number of rotatable bonds is 4. The maximum Gasteiger partial charge on any atom is 0.332 e. The lowest BCUT2D eigenvalue weighted by molar-refractivity contribution is 0.214. The van der Waals surface area contributed by atoms with Crippen LogP contribution in [-0.2, 0) is 27.2 Å². The van der Waals surface area contributed by atoms with E-state index >= 15 is 0 Å². The van der Waals surface area contributed by atoms with Crippen molar-refractivity contribution in [3.05, 3.63) is 74.7 Å². The molecule has 31 heavy (non-hydrogen) atoms. The number of hydrogen-bond acceptors (Lipinski definition) is 4. The number of piperidine rings is 1. The monoisotopic (exact) mass is 417 g/mol. The molecule has 7 nitrogen and oxygen atoms in total. The molecule has 5 rings (SSSR count). The summed E-state index contributed by atoms with van der Waals surface area (Å²) in [4.78, 5) is 32.9. The lowest BCUT2D eigenvalue weighted by Gasteiger charge is -2.26. The van der Waals surface area contributed by atoms with Crippen molar-refractivity contribution in [1.82, 2.24) is 23.6 Å². The third-order valence-electron chi connectivity index (χ3n) is 6.45. The van der Waals surface area contributed by atoms with E-state index in [0.717, 1.165) is 29.9 Å². The summed E-state index contributed by atoms with van der Waals surface area (Å²) in [6, 6.07) is 14.5. The Hall–Kier alpha value is -3.19. The highest BCUT2D eigenvalue weighted by molar-refractivity contribution is 5.85. The van der Waals surface area contributed by atoms with Crippen LogP contribution in [0.25, 0.3) is 21.9 Å². The first-order chi connectivity index (χ1) is 15.0. The molecule has 0 N–H and O–H groups in total. The molecule has 160 valence electrons. The molecule has 0 spiro atoms. The van der Waals surface area contributed by atoms with Gasteiger partial charge in [0.15, 0.2) is 11.2 Å². The fraction of sp³-hybridized carbons (Fsp3) is 0.375. The summed E-state index contributed by atoms with van der Waals surface area (Å²) in [6.45, 7) is 3.29. The van der Waals surface area contributed by atoms with Gasteiger partial charge in [0.1, 0.15) is 5.82 Å². The van der Waals surface area contributed by atoms with E-state index in [1.807, 2.05) is 16.7 Å². The van der Waals surface area contributed by atoms with Crippen molar-refractivity contribution in [3.8, 4) is 0 Å². The zero-order valence-corrected chi connectivity index (χ0v) is 18.0. The van der Waals surface area contributed by atoms with Gasteiger partial charge < -0.3 is 4.57 Å². The molecule has 1 saturated heterocycles. The molecule has 0 amide bonds. The van der Waals surface area contributed by atoms with Crippen molar-refractivity contribution in [3.63, 3.8) is 0 Å². The number of aryl methyl sites for hydroxylation is 1. The molecular formula is C24H27N5O2. The molecule has 0 unspecified atom stereocenters. The summed E-state index contributed by atoms with van der Waals surface area (Å²) in [7, 11) is 3.22. The van der Waals surface area contributed by atoms with Gasteiger partial charge in [-0.2, -0.15) is 0 Å². The molecule has 0 radical (unpaired) electrons. The number of aromatic nitrogens is 4. The predicted octanol–water partition coefficient (Wildman–Crippen LogP) is 2.62. The van der Waals surface area contributed by atoms with Gasteiger partial charge in [-0.25, -0.2) is 9.78 Å². The molecule has 3 heterocycles.